The first-order valence-electron chi connectivity index (χ1n) is 13.5. The van der Waals surface area contributed by atoms with Gasteiger partial charge in [-0.1, -0.05) is 0 Å². The fourth-order valence-electron chi connectivity index (χ4n) is 5.82. The molecule has 4 aliphatic rings. The van der Waals surface area contributed by atoms with Crippen LogP contribution < -0.4 is 0 Å². The van der Waals surface area contributed by atoms with Crippen molar-refractivity contribution in [2.45, 2.75) is 115 Å². The Bertz CT molecular complexity index is 942. The Hall–Kier alpha value is -2.53. The van der Waals surface area contributed by atoms with Gasteiger partial charge in [0.1, 0.15) is 35.6 Å². The average Bonchev–Trinajstić information content (AvgIpc) is 3.54. The summed E-state index contributed by atoms with van der Waals surface area (Å²) in [6.07, 6.45) is 4.08. The number of epoxide rings is 1. The molecule has 2 aliphatic heterocycles. The topological polar surface area (TPSA) is 153 Å². The molecule has 0 bridgehead atoms. The monoisotopic (exact) mass is 572 g/mol. The molecule has 2 heterocycles. The van der Waals surface area contributed by atoms with E-state index in [-0.39, 0.29) is 54.0 Å². The molecule has 2 saturated heterocycles. The minimum atomic E-state index is -0.648. The lowest BCUT2D eigenvalue weighted by Crippen LogP contribution is -2.52. The van der Waals surface area contributed by atoms with Crippen molar-refractivity contribution in [3.05, 3.63) is 0 Å². The highest BCUT2D eigenvalue weighted by Crippen LogP contribution is 2.47. The Morgan fingerprint density at radius 1 is 0.800 bits per heavy atom. The third-order valence-electron chi connectivity index (χ3n) is 9.01. The van der Waals surface area contributed by atoms with Crippen molar-refractivity contribution in [3.63, 3.8) is 0 Å². The number of hydrogen-bond donors (Lipinski definition) is 0. The summed E-state index contributed by atoms with van der Waals surface area (Å²) >= 11 is 0. The van der Waals surface area contributed by atoms with E-state index >= 15 is 0 Å². The number of methoxy groups -OCH3 is 2. The first-order valence-corrected chi connectivity index (χ1v) is 13.5. The quantitative estimate of drug-likeness (QED) is 0.260. The van der Waals surface area contributed by atoms with E-state index in [1.165, 1.54) is 13.8 Å². The van der Waals surface area contributed by atoms with E-state index in [0.717, 1.165) is 38.7 Å². The molecule has 2 aliphatic carbocycles. The molecule has 4 rings (SSSR count). The lowest BCUT2D eigenvalue weighted by atomic mass is 9.71. The molecule has 4 fully saturated rings. The molecule has 2 saturated carbocycles. The van der Waals surface area contributed by atoms with Crippen molar-refractivity contribution in [1.29, 1.82) is 0 Å². The van der Waals surface area contributed by atoms with E-state index in [2.05, 4.69) is 6.92 Å². The van der Waals surface area contributed by atoms with Gasteiger partial charge >= 0.3 is 24.2 Å². The van der Waals surface area contributed by atoms with Crippen LogP contribution in [0.4, 0.5) is 4.79 Å². The molecule has 0 aromatic carbocycles. The van der Waals surface area contributed by atoms with Crippen LogP contribution in [0.3, 0.4) is 0 Å². The first-order chi connectivity index (χ1) is 18.6. The van der Waals surface area contributed by atoms with Gasteiger partial charge in [0.2, 0.25) is 0 Å². The van der Waals surface area contributed by atoms with Crippen molar-refractivity contribution in [3.8, 4) is 0 Å². The highest BCUT2D eigenvalue weighted by molar-refractivity contribution is 5.66. The number of carbonyl (C=O) groups excluding carboxylic acids is 5. The molecule has 4 unspecified atom stereocenters. The van der Waals surface area contributed by atoms with Crippen molar-refractivity contribution < 1.29 is 57.1 Å². The molecule has 12 heteroatoms. The van der Waals surface area contributed by atoms with Gasteiger partial charge in [-0.15, -0.1) is 0 Å². The molecule has 0 aromatic heterocycles. The number of esters is 2. The number of ether oxygens (including phenoxy) is 7. The lowest BCUT2D eigenvalue weighted by molar-refractivity contribution is -0.191. The minimum Gasteiger partial charge on any atom is -0.459 e. The summed E-state index contributed by atoms with van der Waals surface area (Å²) in [5.74, 6) is -0.0128. The zero-order valence-corrected chi connectivity index (χ0v) is 24.9. The van der Waals surface area contributed by atoms with Crippen molar-refractivity contribution in [2.24, 2.45) is 11.8 Å². The lowest BCUT2D eigenvalue weighted by Gasteiger charge is -2.45. The molecule has 0 radical (unpaired) electrons. The largest absolute Gasteiger partial charge is 0.509 e. The van der Waals surface area contributed by atoms with Crippen LogP contribution in [-0.2, 0) is 52.3 Å². The fourth-order valence-corrected chi connectivity index (χ4v) is 5.82. The van der Waals surface area contributed by atoms with E-state index in [1.807, 2.05) is 20.8 Å². The standard InChI is InChI=1S/C14H22O6.C13H22O4.CO2/c1-9(15)19-11-7-10(5-6-13(11,2)17-4)14(3)8-18-12(16)20-14;1-9(14)17-11-7-10(13(3)8-16-13)5-6-12(11,2)15-4;2-1-3/h10-11H,5-8H2,1-4H3;10-11H,5-8H2,1-4H3;/t10?,11-,13-,14?;10?,11-,12-,13?;/m00./s1. The summed E-state index contributed by atoms with van der Waals surface area (Å²) in [7, 11) is 3.31. The number of cyclic esters (lactones) is 2. The summed E-state index contributed by atoms with van der Waals surface area (Å²) in [5.41, 5.74) is -1.49. The molecule has 0 N–H and O–H groups in total. The highest BCUT2D eigenvalue weighted by atomic mass is 16.8. The molecule has 0 aromatic rings. The summed E-state index contributed by atoms with van der Waals surface area (Å²) in [5, 5.41) is 0. The van der Waals surface area contributed by atoms with Gasteiger partial charge in [-0.2, -0.15) is 9.59 Å². The van der Waals surface area contributed by atoms with Gasteiger partial charge in [0.05, 0.1) is 12.2 Å². The van der Waals surface area contributed by atoms with Crippen molar-refractivity contribution in [1.82, 2.24) is 0 Å². The Labute approximate surface area is 235 Å². The van der Waals surface area contributed by atoms with Gasteiger partial charge in [-0.05, 0) is 72.1 Å². The second-order valence-corrected chi connectivity index (χ2v) is 11.8. The van der Waals surface area contributed by atoms with Crippen LogP contribution in [0.2, 0.25) is 0 Å². The summed E-state index contributed by atoms with van der Waals surface area (Å²) in [6, 6.07) is 0. The van der Waals surface area contributed by atoms with Gasteiger partial charge < -0.3 is 33.2 Å². The smallest absolute Gasteiger partial charge is 0.459 e. The highest BCUT2D eigenvalue weighted by Gasteiger charge is 2.54. The third-order valence-corrected chi connectivity index (χ3v) is 9.01. The van der Waals surface area contributed by atoms with Crippen LogP contribution in [0.1, 0.15) is 80.1 Å². The predicted molar refractivity (Wildman–Crippen MR) is 137 cm³/mol. The van der Waals surface area contributed by atoms with Crippen LogP contribution >= 0.6 is 0 Å². The number of carbonyl (C=O) groups is 3. The SMILES string of the molecule is CO[C@@]1(C)CCC(C2(C)CO2)C[C@@H]1OC(C)=O.CO[C@@]1(C)CCC(C2(C)COC(=O)O2)C[C@@H]1OC(C)=O.O=C=O. The van der Waals surface area contributed by atoms with Gasteiger partial charge in [-0.3, -0.25) is 9.59 Å². The summed E-state index contributed by atoms with van der Waals surface area (Å²) in [6.45, 7) is 11.9. The van der Waals surface area contributed by atoms with E-state index in [1.54, 1.807) is 14.2 Å². The molecular formula is C28H44O12. The van der Waals surface area contributed by atoms with Gasteiger partial charge in [0.25, 0.3) is 0 Å². The molecule has 228 valence electrons. The third kappa shape index (κ3) is 8.25. The van der Waals surface area contributed by atoms with Gasteiger partial charge in [0, 0.05) is 34.0 Å². The summed E-state index contributed by atoms with van der Waals surface area (Å²) in [4.78, 5) is 49.9. The molecule has 12 nitrogen and oxygen atoms in total. The van der Waals surface area contributed by atoms with E-state index in [9.17, 15) is 14.4 Å². The average molecular weight is 573 g/mol. The number of rotatable bonds is 6. The Kier molecular flexibility index (Phi) is 11.3. The Morgan fingerprint density at radius 3 is 1.50 bits per heavy atom. The van der Waals surface area contributed by atoms with Crippen molar-refractivity contribution in [2.75, 3.05) is 27.4 Å². The Morgan fingerprint density at radius 2 is 1.20 bits per heavy atom. The van der Waals surface area contributed by atoms with Crippen LogP contribution in [0, 0.1) is 11.8 Å². The van der Waals surface area contributed by atoms with E-state index in [0.29, 0.717) is 12.3 Å². The minimum absolute atomic E-state index is 0.00741. The Balaban J connectivity index is 0.000000258. The zero-order chi connectivity index (χ0) is 30.4. The molecule has 8 atom stereocenters. The maximum absolute atomic E-state index is 11.3. The van der Waals surface area contributed by atoms with Crippen LogP contribution in [0.25, 0.3) is 0 Å². The maximum Gasteiger partial charge on any atom is 0.509 e. The van der Waals surface area contributed by atoms with Gasteiger partial charge in [-0.25, -0.2) is 4.79 Å². The summed E-state index contributed by atoms with van der Waals surface area (Å²) < 4.78 is 37.7. The van der Waals surface area contributed by atoms with Gasteiger partial charge in [0.15, 0.2) is 0 Å². The van der Waals surface area contributed by atoms with E-state index in [4.69, 9.17) is 42.7 Å². The van der Waals surface area contributed by atoms with Crippen LogP contribution in [0.5, 0.6) is 0 Å². The predicted octanol–water partition coefficient (Wildman–Crippen LogP) is 3.38. The number of hydrogen-bond acceptors (Lipinski definition) is 12. The van der Waals surface area contributed by atoms with Crippen molar-refractivity contribution >= 4 is 24.2 Å². The molecule has 40 heavy (non-hydrogen) atoms. The fraction of sp³-hybridized carbons (Fsp3) is 0.857. The van der Waals surface area contributed by atoms with Crippen LogP contribution in [-0.4, -0.2) is 86.3 Å². The molecule has 0 amide bonds. The second-order valence-electron chi connectivity index (χ2n) is 11.8. The first kappa shape index (κ1) is 33.7. The second kappa shape index (κ2) is 13.4. The zero-order valence-electron chi connectivity index (χ0n) is 24.9. The molecule has 0 spiro atoms. The maximum atomic E-state index is 11.3. The van der Waals surface area contributed by atoms with Crippen LogP contribution in [0.15, 0.2) is 0 Å². The normalized spacial score (nSPS) is 40.0. The molecular weight excluding hydrogens is 528 g/mol. The van der Waals surface area contributed by atoms with E-state index < -0.39 is 17.4 Å².